The van der Waals surface area contributed by atoms with E-state index >= 15 is 0 Å². The molecule has 8 N–H and O–H groups in total. The molecule has 0 aromatic heterocycles. The third kappa shape index (κ3) is 9.03. The third-order valence-electron chi connectivity index (χ3n) is 12.6. The first-order chi connectivity index (χ1) is 29.9. The maximum atomic E-state index is 11.1. The molecule has 0 unspecified atom stereocenters. The summed E-state index contributed by atoms with van der Waals surface area (Å²) in [5.41, 5.74) is 5.99. The summed E-state index contributed by atoms with van der Waals surface area (Å²) in [6.07, 6.45) is 4.71. The molecule has 332 valence electrons. The summed E-state index contributed by atoms with van der Waals surface area (Å²) >= 11 is 0. The molecular formula is C49H62N4O9. The molecule has 0 spiro atoms. The first kappa shape index (κ1) is 43.9. The Bertz CT molecular complexity index is 2390. The number of phenols is 2. The molecule has 13 nitrogen and oxygen atoms in total. The number of hydrogen-bond donors (Lipinski definition) is 8. The summed E-state index contributed by atoms with van der Waals surface area (Å²) in [5, 5.41) is 65.2. The standard InChI is InChI=1S/C49H62N4O9/c1-29(2)22-48(3,58)25-51-27-52-26-49(60-28-50-4)23-40-39-19-33(18-30-5-11-41-31(17-30)13-14-53-41)38-21-34(56)7-9-36(38)44(39)46-37(10-8-35(24-55)61-46)45(40)62-47(49)32-6-12-42(57)43(20-32)59-16-15-54/h5-7,9,11-13,17,20-21,29,33,35,47,50-52,54-58H,8,10,14-16,18-19,22-28H2,1-4H3/t33-,35+,47+,48-,49-/m0/s1. The Labute approximate surface area is 363 Å². The number of benzene rings is 4. The molecule has 3 heterocycles. The van der Waals surface area contributed by atoms with Crippen LogP contribution in [0.2, 0.25) is 0 Å². The van der Waals surface area contributed by atoms with Crippen LogP contribution in [0, 0.1) is 5.92 Å². The largest absolute Gasteiger partial charge is 0.508 e. The van der Waals surface area contributed by atoms with Crippen molar-refractivity contribution in [3.05, 3.63) is 98.6 Å². The zero-order valence-electron chi connectivity index (χ0n) is 36.3. The molecular weight excluding hydrogens is 789 g/mol. The topological polar surface area (TPSA) is 187 Å². The lowest BCUT2D eigenvalue weighted by Crippen LogP contribution is -2.56. The molecule has 0 saturated heterocycles. The van der Waals surface area contributed by atoms with Gasteiger partial charge in [0.2, 0.25) is 0 Å². The highest BCUT2D eigenvalue weighted by Crippen LogP contribution is 2.57. The SMILES string of the molecule is CNCO[C@]1(CNCNC[C@@](C)(O)CC(C)C)Cc2c3c(c4c(c2O[C@@H]1c1ccc(O)c(OCCO)c1)CC[C@H](CO)O4)-c1ccc(O)cc1[C@@H](Cc1ccc2c(c1)=CCN=2)C3. The molecule has 3 aliphatic heterocycles. The summed E-state index contributed by atoms with van der Waals surface area (Å²) < 4.78 is 26.9. The Morgan fingerprint density at radius 3 is 2.63 bits per heavy atom. The maximum Gasteiger partial charge on any atom is 0.161 e. The quantitative estimate of drug-likeness (QED) is 0.0538. The number of hydrogen-bond acceptors (Lipinski definition) is 13. The lowest BCUT2D eigenvalue weighted by Gasteiger charge is -2.47. The molecule has 8 rings (SSSR count). The first-order valence-corrected chi connectivity index (χ1v) is 22.0. The number of rotatable bonds is 18. The molecule has 0 bridgehead atoms. The van der Waals surface area contributed by atoms with Crippen LogP contribution < -0.4 is 40.7 Å². The maximum absolute atomic E-state index is 11.1. The Kier molecular flexibility index (Phi) is 13.1. The molecule has 62 heavy (non-hydrogen) atoms. The smallest absolute Gasteiger partial charge is 0.161 e. The van der Waals surface area contributed by atoms with Gasteiger partial charge in [-0.1, -0.05) is 38.1 Å². The molecule has 1 aliphatic carbocycles. The Hall–Kier alpha value is -4.73. The van der Waals surface area contributed by atoms with Gasteiger partial charge in [-0.05, 0) is 127 Å². The van der Waals surface area contributed by atoms with E-state index in [0.29, 0.717) is 75.6 Å². The van der Waals surface area contributed by atoms with E-state index in [1.54, 1.807) is 18.2 Å². The van der Waals surface area contributed by atoms with E-state index in [9.17, 15) is 25.5 Å². The lowest BCUT2D eigenvalue weighted by molar-refractivity contribution is -0.129. The van der Waals surface area contributed by atoms with Crippen LogP contribution in [0.5, 0.6) is 28.7 Å². The molecule has 0 radical (unpaired) electrons. The van der Waals surface area contributed by atoms with Crippen molar-refractivity contribution in [3.8, 4) is 39.9 Å². The second-order valence-electron chi connectivity index (χ2n) is 18.1. The number of aliphatic hydroxyl groups excluding tert-OH is 2. The minimum absolute atomic E-state index is 0.00302. The van der Waals surface area contributed by atoms with Gasteiger partial charge in [-0.2, -0.15) is 0 Å². The molecule has 0 amide bonds. The van der Waals surface area contributed by atoms with Crippen LogP contribution >= 0.6 is 0 Å². The van der Waals surface area contributed by atoms with E-state index in [0.717, 1.165) is 56.1 Å². The lowest BCUT2D eigenvalue weighted by atomic mass is 9.70. The van der Waals surface area contributed by atoms with Crippen molar-refractivity contribution in [1.29, 1.82) is 0 Å². The van der Waals surface area contributed by atoms with Gasteiger partial charge in [0.05, 0.1) is 37.4 Å². The number of nitrogens with zero attached hydrogens (tertiary/aromatic N) is 1. The van der Waals surface area contributed by atoms with Gasteiger partial charge in [-0.15, -0.1) is 0 Å². The monoisotopic (exact) mass is 850 g/mol. The van der Waals surface area contributed by atoms with Crippen molar-refractivity contribution in [2.24, 2.45) is 10.9 Å². The second kappa shape index (κ2) is 18.5. The predicted molar refractivity (Wildman–Crippen MR) is 237 cm³/mol. The van der Waals surface area contributed by atoms with Crippen LogP contribution in [0.3, 0.4) is 0 Å². The highest BCUT2D eigenvalue weighted by Gasteiger charge is 2.50. The summed E-state index contributed by atoms with van der Waals surface area (Å²) in [6.45, 7) is 7.72. The van der Waals surface area contributed by atoms with Crippen molar-refractivity contribution in [2.45, 2.75) is 88.6 Å². The average Bonchev–Trinajstić information content (AvgIpc) is 3.73. The van der Waals surface area contributed by atoms with Crippen LogP contribution in [-0.2, 0) is 30.4 Å². The normalized spacial score (nSPS) is 21.8. The zero-order valence-corrected chi connectivity index (χ0v) is 36.3. The number of aromatic hydroxyl groups is 2. The molecule has 5 atom stereocenters. The van der Waals surface area contributed by atoms with Gasteiger partial charge in [-0.3, -0.25) is 10.3 Å². The molecule has 13 heteroatoms. The average molecular weight is 851 g/mol. The summed E-state index contributed by atoms with van der Waals surface area (Å²) in [5.74, 6) is 2.12. The van der Waals surface area contributed by atoms with Crippen molar-refractivity contribution < 1.29 is 44.5 Å². The molecule has 0 fully saturated rings. The van der Waals surface area contributed by atoms with E-state index in [-0.39, 0.29) is 49.7 Å². The zero-order chi connectivity index (χ0) is 43.6. The van der Waals surface area contributed by atoms with Crippen LogP contribution in [0.15, 0.2) is 59.6 Å². The van der Waals surface area contributed by atoms with Gasteiger partial charge >= 0.3 is 0 Å². The molecule has 0 saturated carbocycles. The molecule has 4 aromatic carbocycles. The molecule has 4 aromatic rings. The summed E-state index contributed by atoms with van der Waals surface area (Å²) in [7, 11) is 1.84. The fourth-order valence-corrected chi connectivity index (χ4v) is 10.1. The fourth-order valence-electron chi connectivity index (χ4n) is 10.1. The van der Waals surface area contributed by atoms with E-state index in [1.165, 1.54) is 5.56 Å². The van der Waals surface area contributed by atoms with E-state index < -0.39 is 23.4 Å². The van der Waals surface area contributed by atoms with E-state index in [1.807, 2.05) is 32.2 Å². The van der Waals surface area contributed by atoms with Crippen molar-refractivity contribution in [3.63, 3.8) is 0 Å². The Morgan fingerprint density at radius 1 is 0.984 bits per heavy atom. The van der Waals surface area contributed by atoms with Gasteiger partial charge in [0.25, 0.3) is 0 Å². The van der Waals surface area contributed by atoms with Crippen LogP contribution in [0.25, 0.3) is 17.2 Å². The number of fused-ring (bicyclic) bond motifs is 9. The number of nitrogens with one attached hydrogen (secondary N) is 3. The number of ether oxygens (including phenoxy) is 4. The Morgan fingerprint density at radius 2 is 1.84 bits per heavy atom. The van der Waals surface area contributed by atoms with Crippen molar-refractivity contribution in [2.75, 3.05) is 59.9 Å². The second-order valence-corrected chi connectivity index (χ2v) is 18.1. The Balaban J connectivity index is 1.27. The first-order valence-electron chi connectivity index (χ1n) is 22.0. The van der Waals surface area contributed by atoms with Gasteiger partial charge in [-0.25, -0.2) is 0 Å². The van der Waals surface area contributed by atoms with Crippen LogP contribution in [0.1, 0.15) is 79.0 Å². The highest BCUT2D eigenvalue weighted by atomic mass is 16.6. The fraction of sp³-hybridized carbons (Fsp3) is 0.490. The van der Waals surface area contributed by atoms with E-state index in [4.69, 9.17) is 18.9 Å². The van der Waals surface area contributed by atoms with Crippen molar-refractivity contribution >= 4 is 6.08 Å². The van der Waals surface area contributed by atoms with Gasteiger partial charge < -0.3 is 55.1 Å². The summed E-state index contributed by atoms with van der Waals surface area (Å²) in [4.78, 5) is 4.60. The van der Waals surface area contributed by atoms with Gasteiger partial charge in [0.15, 0.2) is 17.6 Å². The van der Waals surface area contributed by atoms with Crippen LogP contribution in [-0.4, -0.2) is 103 Å². The van der Waals surface area contributed by atoms with Crippen LogP contribution in [0.4, 0.5) is 0 Å². The molecule has 4 aliphatic rings. The number of aliphatic hydroxyl groups is 3. The third-order valence-corrected chi connectivity index (χ3v) is 12.6. The summed E-state index contributed by atoms with van der Waals surface area (Å²) in [6, 6.07) is 17.2. The predicted octanol–water partition coefficient (Wildman–Crippen LogP) is 3.66. The highest BCUT2D eigenvalue weighted by molar-refractivity contribution is 5.85. The minimum atomic E-state index is -1.03. The van der Waals surface area contributed by atoms with E-state index in [2.05, 4.69) is 59.1 Å². The number of phenolic OH excluding ortho intramolecular Hbond substituents is 2. The van der Waals surface area contributed by atoms with Gasteiger partial charge in [0.1, 0.15) is 35.6 Å². The minimum Gasteiger partial charge on any atom is -0.508 e. The van der Waals surface area contributed by atoms with Crippen molar-refractivity contribution in [1.82, 2.24) is 16.0 Å². The van der Waals surface area contributed by atoms with Gasteiger partial charge in [0, 0.05) is 42.9 Å².